The molecule has 1 saturated heterocycles. The molecule has 2 aromatic heterocycles. The number of fused-ring (bicyclic) bond motifs is 1. The summed E-state index contributed by atoms with van der Waals surface area (Å²) in [7, 11) is 1.99. The Morgan fingerprint density at radius 1 is 1.00 bits per heavy atom. The summed E-state index contributed by atoms with van der Waals surface area (Å²) in [5.41, 5.74) is 6.60. The van der Waals surface area contributed by atoms with Crippen LogP contribution in [0.25, 0.3) is 33.4 Å². The summed E-state index contributed by atoms with van der Waals surface area (Å²) >= 11 is 6.63. The van der Waals surface area contributed by atoms with Gasteiger partial charge in [-0.3, -0.25) is 0 Å². The Hall–Kier alpha value is -2.89. The largest absolute Gasteiger partial charge is 0.369 e. The molecule has 158 valence electrons. The van der Waals surface area contributed by atoms with Crippen LogP contribution in [0.1, 0.15) is 5.56 Å². The number of halogens is 2. The average Bonchev–Trinajstić information content (AvgIpc) is 3.08. The Kier molecular flexibility index (Phi) is 5.16. The fourth-order valence-corrected chi connectivity index (χ4v) is 4.79. The summed E-state index contributed by atoms with van der Waals surface area (Å²) in [6.07, 6.45) is 1.71. The van der Waals surface area contributed by atoms with Crippen molar-refractivity contribution in [2.24, 2.45) is 7.05 Å². The number of aromatic nitrogens is 2. The fourth-order valence-electron chi connectivity index (χ4n) is 4.56. The van der Waals surface area contributed by atoms with Gasteiger partial charge in [0.05, 0.1) is 10.7 Å². The van der Waals surface area contributed by atoms with Crippen LogP contribution in [0.5, 0.6) is 0 Å². The average molecular weight is 435 g/mol. The normalized spacial score (nSPS) is 14.4. The summed E-state index contributed by atoms with van der Waals surface area (Å²) in [5.74, 6) is -0.257. The SMILES string of the molecule is Cc1cc(F)cc(-c2c(-c3ccc(N4CCNCC4)cc3)n(C)c3nccc(Cl)c23)c1. The van der Waals surface area contributed by atoms with Gasteiger partial charge in [-0.25, -0.2) is 9.37 Å². The Bertz CT molecular complexity index is 1240. The van der Waals surface area contributed by atoms with E-state index in [4.69, 9.17) is 11.6 Å². The fraction of sp³-hybridized carbons (Fsp3) is 0.240. The summed E-state index contributed by atoms with van der Waals surface area (Å²) in [6, 6.07) is 15.5. The molecule has 0 unspecified atom stereocenters. The van der Waals surface area contributed by atoms with Gasteiger partial charge in [0.2, 0.25) is 0 Å². The monoisotopic (exact) mass is 434 g/mol. The van der Waals surface area contributed by atoms with Gasteiger partial charge in [0.1, 0.15) is 11.5 Å². The smallest absolute Gasteiger partial charge is 0.142 e. The molecule has 0 spiro atoms. The van der Waals surface area contributed by atoms with E-state index in [1.807, 2.05) is 20.0 Å². The summed E-state index contributed by atoms with van der Waals surface area (Å²) < 4.78 is 16.4. The topological polar surface area (TPSA) is 33.1 Å². The van der Waals surface area contributed by atoms with E-state index in [0.29, 0.717) is 5.02 Å². The van der Waals surface area contributed by atoms with E-state index >= 15 is 0 Å². The quantitative estimate of drug-likeness (QED) is 0.467. The Balaban J connectivity index is 1.71. The van der Waals surface area contributed by atoms with Gasteiger partial charge in [0.25, 0.3) is 0 Å². The number of nitrogens with zero attached hydrogens (tertiary/aromatic N) is 3. The lowest BCUT2D eigenvalue weighted by molar-refractivity contribution is 0.589. The lowest BCUT2D eigenvalue weighted by atomic mass is 9.97. The van der Waals surface area contributed by atoms with Crippen LogP contribution in [-0.2, 0) is 7.05 Å². The van der Waals surface area contributed by atoms with Crippen molar-refractivity contribution in [3.63, 3.8) is 0 Å². The molecule has 5 rings (SSSR count). The summed E-state index contributed by atoms with van der Waals surface area (Å²) in [6.45, 7) is 5.90. The van der Waals surface area contributed by atoms with Crippen LogP contribution in [0.2, 0.25) is 5.02 Å². The third-order valence-electron chi connectivity index (χ3n) is 5.97. The molecule has 4 nitrogen and oxygen atoms in total. The van der Waals surface area contributed by atoms with E-state index in [1.165, 1.54) is 11.8 Å². The minimum Gasteiger partial charge on any atom is -0.369 e. The molecule has 2 aromatic carbocycles. The molecule has 0 saturated carbocycles. The van der Waals surface area contributed by atoms with Gasteiger partial charge in [0, 0.05) is 56.1 Å². The number of rotatable bonds is 3. The van der Waals surface area contributed by atoms with E-state index in [2.05, 4.69) is 44.0 Å². The number of piperazine rings is 1. The number of hydrogen-bond donors (Lipinski definition) is 1. The van der Waals surface area contributed by atoms with Crippen LogP contribution in [0.15, 0.2) is 54.7 Å². The molecule has 0 aliphatic carbocycles. The van der Waals surface area contributed by atoms with Gasteiger partial charge in [-0.2, -0.15) is 0 Å². The van der Waals surface area contributed by atoms with Crippen molar-refractivity contribution in [3.05, 3.63) is 71.1 Å². The molecule has 0 bridgehead atoms. The van der Waals surface area contributed by atoms with Crippen LogP contribution in [0.4, 0.5) is 10.1 Å². The lowest BCUT2D eigenvalue weighted by Crippen LogP contribution is -2.43. The molecule has 6 heteroatoms. The second-order valence-corrected chi connectivity index (χ2v) is 8.48. The second kappa shape index (κ2) is 7.98. The molecule has 0 amide bonds. The first-order valence-electron chi connectivity index (χ1n) is 10.5. The van der Waals surface area contributed by atoms with E-state index in [-0.39, 0.29) is 5.82 Å². The summed E-state index contributed by atoms with van der Waals surface area (Å²) in [4.78, 5) is 6.97. The zero-order chi connectivity index (χ0) is 21.5. The van der Waals surface area contributed by atoms with Crippen molar-refractivity contribution in [2.45, 2.75) is 6.92 Å². The van der Waals surface area contributed by atoms with E-state index < -0.39 is 0 Å². The number of hydrogen-bond acceptors (Lipinski definition) is 3. The molecule has 3 heterocycles. The van der Waals surface area contributed by atoms with Gasteiger partial charge >= 0.3 is 0 Å². The maximum Gasteiger partial charge on any atom is 0.142 e. The van der Waals surface area contributed by atoms with Crippen molar-refractivity contribution in [1.82, 2.24) is 14.9 Å². The first-order valence-corrected chi connectivity index (χ1v) is 10.9. The van der Waals surface area contributed by atoms with Gasteiger partial charge in [-0.15, -0.1) is 0 Å². The van der Waals surface area contributed by atoms with Gasteiger partial charge in [-0.05, 0) is 53.9 Å². The maximum atomic E-state index is 14.3. The first-order chi connectivity index (χ1) is 15.0. The number of pyridine rings is 1. The Morgan fingerprint density at radius 2 is 1.74 bits per heavy atom. The number of nitrogens with one attached hydrogen (secondary N) is 1. The lowest BCUT2D eigenvalue weighted by Gasteiger charge is -2.29. The molecule has 1 fully saturated rings. The Morgan fingerprint density at radius 3 is 2.45 bits per heavy atom. The number of anilines is 1. The standard InChI is InChI=1S/C25H24ClFN4/c1-16-13-18(15-19(27)14-16)22-23-21(26)7-8-29-25(23)30(2)24(22)17-3-5-20(6-4-17)31-11-9-28-10-12-31/h3-8,13-15,28H,9-12H2,1-2H3. The number of aryl methyl sites for hydroxylation is 2. The number of benzene rings is 2. The second-order valence-electron chi connectivity index (χ2n) is 8.08. The molecule has 0 radical (unpaired) electrons. The predicted octanol–water partition coefficient (Wildman–Crippen LogP) is 5.42. The van der Waals surface area contributed by atoms with Crippen LogP contribution in [-0.4, -0.2) is 35.7 Å². The molecule has 31 heavy (non-hydrogen) atoms. The highest BCUT2D eigenvalue weighted by atomic mass is 35.5. The molecule has 1 aliphatic rings. The van der Waals surface area contributed by atoms with Gasteiger partial charge in [-0.1, -0.05) is 29.8 Å². The van der Waals surface area contributed by atoms with Gasteiger partial charge in [0.15, 0.2) is 0 Å². The van der Waals surface area contributed by atoms with Gasteiger partial charge < -0.3 is 14.8 Å². The zero-order valence-corrected chi connectivity index (χ0v) is 18.4. The van der Waals surface area contributed by atoms with Crippen molar-refractivity contribution in [1.29, 1.82) is 0 Å². The molecule has 1 N–H and O–H groups in total. The highest BCUT2D eigenvalue weighted by Crippen LogP contribution is 2.43. The Labute approximate surface area is 186 Å². The van der Waals surface area contributed by atoms with E-state index in [9.17, 15) is 4.39 Å². The molecular formula is C25H24ClFN4. The van der Waals surface area contributed by atoms with E-state index in [1.54, 1.807) is 18.3 Å². The molecule has 1 aliphatic heterocycles. The third kappa shape index (κ3) is 3.58. The van der Waals surface area contributed by atoms with Crippen LogP contribution >= 0.6 is 11.6 Å². The molecule has 4 aromatic rings. The van der Waals surface area contributed by atoms with Crippen LogP contribution < -0.4 is 10.2 Å². The highest BCUT2D eigenvalue weighted by Gasteiger charge is 2.22. The van der Waals surface area contributed by atoms with Crippen molar-refractivity contribution < 1.29 is 4.39 Å². The third-order valence-corrected chi connectivity index (χ3v) is 6.29. The highest BCUT2D eigenvalue weighted by molar-refractivity contribution is 6.37. The molecule has 0 atom stereocenters. The van der Waals surface area contributed by atoms with E-state index in [0.717, 1.165) is 65.2 Å². The van der Waals surface area contributed by atoms with Crippen molar-refractivity contribution >= 4 is 28.3 Å². The van der Waals surface area contributed by atoms with Crippen LogP contribution in [0, 0.1) is 12.7 Å². The van der Waals surface area contributed by atoms with Crippen molar-refractivity contribution in [3.8, 4) is 22.4 Å². The summed E-state index contributed by atoms with van der Waals surface area (Å²) in [5, 5.41) is 4.85. The first kappa shape index (κ1) is 20.0. The zero-order valence-electron chi connectivity index (χ0n) is 17.6. The predicted molar refractivity (Wildman–Crippen MR) is 126 cm³/mol. The maximum absolute atomic E-state index is 14.3. The molecular weight excluding hydrogens is 411 g/mol. The minimum absolute atomic E-state index is 0.257. The van der Waals surface area contributed by atoms with Crippen LogP contribution in [0.3, 0.4) is 0 Å². The van der Waals surface area contributed by atoms with Crippen molar-refractivity contribution in [2.75, 3.05) is 31.1 Å². The minimum atomic E-state index is -0.257.